The maximum atomic E-state index is 13.8. The molecule has 2 heterocycles. The molecule has 3 rings (SSSR count). The minimum Gasteiger partial charge on any atom is -0.396 e. The van der Waals surface area contributed by atoms with E-state index >= 15 is 0 Å². The fraction of sp³-hybridized carbons (Fsp3) is 0.263. The van der Waals surface area contributed by atoms with E-state index in [0.29, 0.717) is 23.4 Å². The highest BCUT2D eigenvalue weighted by Crippen LogP contribution is 2.15. The fourth-order valence-electron chi connectivity index (χ4n) is 2.88. The van der Waals surface area contributed by atoms with Gasteiger partial charge in [-0.2, -0.15) is 5.10 Å². The summed E-state index contributed by atoms with van der Waals surface area (Å²) in [6.07, 6.45) is 5.53. The van der Waals surface area contributed by atoms with E-state index in [9.17, 15) is 14.3 Å². The van der Waals surface area contributed by atoms with Gasteiger partial charge in [-0.3, -0.25) is 9.48 Å². The van der Waals surface area contributed by atoms with Crippen LogP contribution in [-0.2, 0) is 13.5 Å². The average molecular weight is 356 g/mol. The number of hydrogen-bond donors (Lipinski definition) is 2. The monoisotopic (exact) mass is 356 g/mol. The van der Waals surface area contributed by atoms with Crippen LogP contribution >= 0.6 is 0 Å². The quantitative estimate of drug-likeness (QED) is 0.679. The van der Waals surface area contributed by atoms with Crippen molar-refractivity contribution >= 4 is 5.91 Å². The molecule has 6 nitrogen and oxygen atoms in total. The predicted octanol–water partition coefficient (Wildman–Crippen LogP) is 1.93. The number of carbonyl (C=O) groups excluding carboxylic acids is 1. The van der Waals surface area contributed by atoms with Crippen molar-refractivity contribution in [3.63, 3.8) is 0 Å². The molecule has 136 valence electrons. The number of aryl methyl sites for hydroxylation is 1. The van der Waals surface area contributed by atoms with Crippen molar-refractivity contribution in [2.45, 2.75) is 6.42 Å². The molecule has 0 aliphatic carbocycles. The lowest BCUT2D eigenvalue weighted by Crippen LogP contribution is -2.32. The van der Waals surface area contributed by atoms with E-state index in [1.807, 2.05) is 29.1 Å². The molecule has 26 heavy (non-hydrogen) atoms. The molecule has 0 saturated heterocycles. The Morgan fingerprint density at radius 2 is 2.00 bits per heavy atom. The Kier molecular flexibility index (Phi) is 5.48. The number of carbonyl (C=O) groups is 1. The first-order valence-electron chi connectivity index (χ1n) is 8.38. The molecule has 0 unspecified atom stereocenters. The number of nitrogens with one attached hydrogen (secondary N) is 1. The normalized spacial score (nSPS) is 12.1. The van der Waals surface area contributed by atoms with Gasteiger partial charge in [-0.05, 0) is 30.2 Å². The van der Waals surface area contributed by atoms with Crippen LogP contribution in [0, 0.1) is 11.7 Å². The molecule has 0 spiro atoms. The molecule has 0 saturated carbocycles. The van der Waals surface area contributed by atoms with Gasteiger partial charge < -0.3 is 15.0 Å². The third-order valence-electron chi connectivity index (χ3n) is 4.28. The van der Waals surface area contributed by atoms with E-state index in [4.69, 9.17) is 0 Å². The van der Waals surface area contributed by atoms with Crippen molar-refractivity contribution < 1.29 is 14.3 Å². The van der Waals surface area contributed by atoms with Crippen molar-refractivity contribution in [3.05, 3.63) is 71.9 Å². The van der Waals surface area contributed by atoms with Gasteiger partial charge in [-0.1, -0.05) is 18.2 Å². The molecule has 1 amide bonds. The number of halogens is 1. The third-order valence-corrected chi connectivity index (χ3v) is 4.28. The number of benzene rings is 1. The minimum absolute atomic E-state index is 0.147. The van der Waals surface area contributed by atoms with E-state index in [1.54, 1.807) is 29.9 Å². The number of aliphatic hydroxyl groups is 1. The minimum atomic E-state index is -0.306. The van der Waals surface area contributed by atoms with Gasteiger partial charge >= 0.3 is 0 Å². The molecule has 0 aliphatic rings. The van der Waals surface area contributed by atoms with Gasteiger partial charge in [-0.25, -0.2) is 4.39 Å². The summed E-state index contributed by atoms with van der Waals surface area (Å²) in [5.41, 5.74) is 0.960. The number of rotatable bonds is 7. The maximum absolute atomic E-state index is 13.8. The van der Waals surface area contributed by atoms with Crippen LogP contribution in [-0.4, -0.2) is 38.5 Å². The largest absolute Gasteiger partial charge is 0.396 e. The highest BCUT2D eigenvalue weighted by atomic mass is 19.1. The zero-order valence-corrected chi connectivity index (χ0v) is 14.5. The summed E-state index contributed by atoms with van der Waals surface area (Å²) in [6.45, 7) is 0.0930. The number of aliphatic hydroxyl groups excluding tert-OH is 1. The Labute approximate surface area is 150 Å². The third kappa shape index (κ3) is 3.83. The van der Waals surface area contributed by atoms with Gasteiger partial charge in [0.15, 0.2) is 0 Å². The second-order valence-corrected chi connectivity index (χ2v) is 6.15. The van der Waals surface area contributed by atoms with Gasteiger partial charge in [0.2, 0.25) is 0 Å². The molecule has 0 bridgehead atoms. The first-order valence-corrected chi connectivity index (χ1v) is 8.38. The molecule has 1 aromatic carbocycles. The molecule has 3 aromatic rings. The van der Waals surface area contributed by atoms with Crippen LogP contribution in [0.1, 0.15) is 15.9 Å². The van der Waals surface area contributed by atoms with Gasteiger partial charge in [0.05, 0.1) is 6.20 Å². The Balaban J connectivity index is 1.68. The summed E-state index contributed by atoms with van der Waals surface area (Å²) in [5, 5.41) is 16.5. The van der Waals surface area contributed by atoms with E-state index in [1.165, 1.54) is 12.3 Å². The van der Waals surface area contributed by atoms with Crippen molar-refractivity contribution in [2.24, 2.45) is 13.0 Å². The highest BCUT2D eigenvalue weighted by Gasteiger charge is 2.19. The molecule has 7 heteroatoms. The molecular formula is C19H21FN4O2. The lowest BCUT2D eigenvalue weighted by molar-refractivity contribution is 0.0940. The number of aromatic nitrogens is 3. The van der Waals surface area contributed by atoms with Crippen LogP contribution in [0.15, 0.2) is 55.0 Å². The molecule has 0 aliphatic heterocycles. The topological polar surface area (TPSA) is 72.1 Å². The molecule has 2 aromatic heterocycles. The first kappa shape index (κ1) is 17.9. The average Bonchev–Trinajstić information content (AvgIpc) is 3.29. The Morgan fingerprint density at radius 1 is 1.27 bits per heavy atom. The van der Waals surface area contributed by atoms with E-state index in [2.05, 4.69) is 10.4 Å². The van der Waals surface area contributed by atoms with Crippen LogP contribution in [0.4, 0.5) is 4.39 Å². The lowest BCUT2D eigenvalue weighted by atomic mass is 9.99. The van der Waals surface area contributed by atoms with E-state index < -0.39 is 0 Å². The maximum Gasteiger partial charge on any atom is 0.256 e. The Morgan fingerprint density at radius 3 is 2.69 bits per heavy atom. The van der Waals surface area contributed by atoms with Crippen molar-refractivity contribution in [3.8, 4) is 5.82 Å². The number of nitrogens with zero attached hydrogens (tertiary/aromatic N) is 3. The van der Waals surface area contributed by atoms with E-state index in [-0.39, 0.29) is 30.8 Å². The Bertz CT molecular complexity index is 874. The fourth-order valence-corrected chi connectivity index (χ4v) is 2.88. The van der Waals surface area contributed by atoms with E-state index in [0.717, 1.165) is 0 Å². The Hall–Kier alpha value is -2.93. The van der Waals surface area contributed by atoms with Crippen LogP contribution < -0.4 is 5.32 Å². The van der Waals surface area contributed by atoms with Crippen LogP contribution in [0.2, 0.25) is 0 Å². The second kappa shape index (κ2) is 7.97. The smallest absolute Gasteiger partial charge is 0.256 e. The van der Waals surface area contributed by atoms with Gasteiger partial charge in [0.25, 0.3) is 5.91 Å². The molecule has 2 N–H and O–H groups in total. The summed E-state index contributed by atoms with van der Waals surface area (Å²) in [5.74, 6) is -0.210. The zero-order valence-electron chi connectivity index (χ0n) is 14.5. The standard InChI is InChI=1S/C19H21FN4O2/c1-23-19(24-8-4-5-9-24)16(12-22-23)18(26)21-11-14(13-25)10-15-6-2-3-7-17(15)20/h2-9,12,14,25H,10-11,13H2,1H3,(H,21,26)/t14-/m0/s1. The van der Waals surface area contributed by atoms with Crippen LogP contribution in [0.3, 0.4) is 0 Å². The summed E-state index contributed by atoms with van der Waals surface area (Å²) in [7, 11) is 1.76. The van der Waals surface area contributed by atoms with Crippen molar-refractivity contribution in [1.29, 1.82) is 0 Å². The number of amides is 1. The highest BCUT2D eigenvalue weighted by molar-refractivity contribution is 5.97. The first-order chi connectivity index (χ1) is 12.6. The molecular weight excluding hydrogens is 335 g/mol. The molecule has 0 radical (unpaired) electrons. The summed E-state index contributed by atoms with van der Waals surface area (Å²) in [4.78, 5) is 12.6. The van der Waals surface area contributed by atoms with Crippen LogP contribution in [0.5, 0.6) is 0 Å². The molecule has 0 fully saturated rings. The van der Waals surface area contributed by atoms with Crippen molar-refractivity contribution in [1.82, 2.24) is 19.7 Å². The number of hydrogen-bond acceptors (Lipinski definition) is 3. The van der Waals surface area contributed by atoms with Gasteiger partial charge in [-0.15, -0.1) is 0 Å². The SMILES string of the molecule is Cn1ncc(C(=O)NC[C@@H](CO)Cc2ccccc2F)c1-n1cccc1. The lowest BCUT2D eigenvalue weighted by Gasteiger charge is -2.16. The zero-order chi connectivity index (χ0) is 18.5. The van der Waals surface area contributed by atoms with Gasteiger partial charge in [0.1, 0.15) is 17.2 Å². The predicted molar refractivity (Wildman–Crippen MR) is 95.5 cm³/mol. The van der Waals surface area contributed by atoms with Crippen molar-refractivity contribution in [2.75, 3.05) is 13.2 Å². The van der Waals surface area contributed by atoms with Crippen LogP contribution in [0.25, 0.3) is 5.82 Å². The summed E-state index contributed by atoms with van der Waals surface area (Å²) < 4.78 is 17.2. The summed E-state index contributed by atoms with van der Waals surface area (Å²) >= 11 is 0. The van der Waals surface area contributed by atoms with Gasteiger partial charge in [0, 0.05) is 38.5 Å². The summed E-state index contributed by atoms with van der Waals surface area (Å²) in [6, 6.07) is 10.2. The second-order valence-electron chi connectivity index (χ2n) is 6.15. The molecule has 1 atom stereocenters.